The summed E-state index contributed by atoms with van der Waals surface area (Å²) in [5, 5.41) is 0. The maximum Gasteiger partial charge on any atom is 0.272 e. The number of halogens is 1. The number of aromatic nitrogens is 1. The summed E-state index contributed by atoms with van der Waals surface area (Å²) in [6.07, 6.45) is 1.06. The monoisotopic (exact) mass is 284 g/mol. The quantitative estimate of drug-likeness (QED) is 0.777. The van der Waals surface area contributed by atoms with E-state index in [1.807, 2.05) is 6.07 Å². The molecule has 1 aromatic heterocycles. The largest absolute Gasteiger partial charge is 0.380 e. The van der Waals surface area contributed by atoms with Crippen LogP contribution in [0, 0.1) is 0 Å². The maximum absolute atomic E-state index is 12.0. The van der Waals surface area contributed by atoms with Crippen molar-refractivity contribution >= 4 is 21.8 Å². The summed E-state index contributed by atoms with van der Waals surface area (Å²) < 4.78 is 5.91. The van der Waals surface area contributed by atoms with Crippen LogP contribution in [0.15, 0.2) is 22.8 Å². The Balaban J connectivity index is 2.08. The molecule has 1 aliphatic heterocycles. The van der Waals surface area contributed by atoms with Crippen LogP contribution < -0.4 is 0 Å². The molecule has 0 spiro atoms. The SMILES string of the molecule is CO[C@@H]1CCN(C(=O)c2cccc(Br)n2)C1. The lowest BCUT2D eigenvalue weighted by atomic mass is 10.3. The number of rotatable bonds is 2. The summed E-state index contributed by atoms with van der Waals surface area (Å²) in [6.45, 7) is 1.40. The van der Waals surface area contributed by atoms with Crippen LogP contribution in [0.25, 0.3) is 0 Å². The van der Waals surface area contributed by atoms with Crippen molar-refractivity contribution in [1.29, 1.82) is 0 Å². The molecular weight excluding hydrogens is 272 g/mol. The molecule has 1 amide bonds. The molecule has 0 bridgehead atoms. The van der Waals surface area contributed by atoms with Crippen molar-refractivity contribution in [2.75, 3.05) is 20.2 Å². The number of carbonyl (C=O) groups is 1. The Morgan fingerprint density at radius 2 is 2.44 bits per heavy atom. The molecule has 2 heterocycles. The standard InChI is InChI=1S/C11H13BrN2O2/c1-16-8-5-6-14(7-8)11(15)9-3-2-4-10(12)13-9/h2-4,8H,5-7H2,1H3/t8-/m1/s1. The van der Waals surface area contributed by atoms with Gasteiger partial charge in [0, 0.05) is 20.2 Å². The van der Waals surface area contributed by atoms with Gasteiger partial charge in [-0.05, 0) is 34.5 Å². The van der Waals surface area contributed by atoms with Gasteiger partial charge in [-0.15, -0.1) is 0 Å². The molecule has 16 heavy (non-hydrogen) atoms. The van der Waals surface area contributed by atoms with Gasteiger partial charge in [-0.2, -0.15) is 0 Å². The van der Waals surface area contributed by atoms with E-state index in [1.165, 1.54) is 0 Å². The van der Waals surface area contributed by atoms with Gasteiger partial charge in [-0.25, -0.2) is 4.98 Å². The van der Waals surface area contributed by atoms with Crippen LogP contribution in [0.1, 0.15) is 16.9 Å². The van der Waals surface area contributed by atoms with Crippen molar-refractivity contribution in [1.82, 2.24) is 9.88 Å². The summed E-state index contributed by atoms with van der Waals surface area (Å²) in [7, 11) is 1.68. The van der Waals surface area contributed by atoms with Gasteiger partial charge in [0.1, 0.15) is 10.3 Å². The molecule has 0 radical (unpaired) electrons. The zero-order valence-electron chi connectivity index (χ0n) is 9.02. The number of amides is 1. The van der Waals surface area contributed by atoms with E-state index < -0.39 is 0 Å². The number of methoxy groups -OCH3 is 1. The number of pyridine rings is 1. The third-order valence-electron chi connectivity index (χ3n) is 2.70. The highest BCUT2D eigenvalue weighted by Crippen LogP contribution is 2.15. The van der Waals surface area contributed by atoms with E-state index in [4.69, 9.17) is 4.74 Å². The fourth-order valence-corrected chi connectivity index (χ4v) is 2.14. The molecule has 0 aliphatic carbocycles. The molecule has 2 rings (SSSR count). The lowest BCUT2D eigenvalue weighted by Crippen LogP contribution is -2.30. The Morgan fingerprint density at radius 3 is 3.06 bits per heavy atom. The summed E-state index contributed by atoms with van der Waals surface area (Å²) >= 11 is 3.26. The lowest BCUT2D eigenvalue weighted by Gasteiger charge is -2.15. The molecule has 0 aromatic carbocycles. The number of likely N-dealkylation sites (tertiary alicyclic amines) is 1. The van der Waals surface area contributed by atoms with E-state index in [0.717, 1.165) is 13.0 Å². The van der Waals surface area contributed by atoms with Crippen LogP contribution in [0.3, 0.4) is 0 Å². The molecule has 1 aliphatic rings. The Morgan fingerprint density at radius 1 is 1.62 bits per heavy atom. The summed E-state index contributed by atoms with van der Waals surface area (Å²) in [6, 6.07) is 5.35. The number of ether oxygens (including phenoxy) is 1. The van der Waals surface area contributed by atoms with Crippen LogP contribution in [-0.4, -0.2) is 42.1 Å². The summed E-state index contributed by atoms with van der Waals surface area (Å²) in [5.41, 5.74) is 0.478. The molecule has 86 valence electrons. The second-order valence-corrected chi connectivity index (χ2v) is 4.56. The molecule has 0 saturated carbocycles. The van der Waals surface area contributed by atoms with Gasteiger partial charge in [0.05, 0.1) is 6.10 Å². The topological polar surface area (TPSA) is 42.4 Å². The van der Waals surface area contributed by atoms with Gasteiger partial charge in [0.2, 0.25) is 0 Å². The smallest absolute Gasteiger partial charge is 0.272 e. The molecule has 5 heteroatoms. The molecule has 1 atom stereocenters. The van der Waals surface area contributed by atoms with E-state index in [0.29, 0.717) is 16.8 Å². The molecule has 1 saturated heterocycles. The van der Waals surface area contributed by atoms with Crippen molar-refractivity contribution in [2.24, 2.45) is 0 Å². The van der Waals surface area contributed by atoms with Gasteiger partial charge in [-0.1, -0.05) is 6.07 Å². The maximum atomic E-state index is 12.0. The minimum absolute atomic E-state index is 0.0270. The Kier molecular flexibility index (Phi) is 3.56. The van der Waals surface area contributed by atoms with Gasteiger partial charge >= 0.3 is 0 Å². The van der Waals surface area contributed by atoms with Crippen molar-refractivity contribution in [2.45, 2.75) is 12.5 Å². The molecule has 1 aromatic rings. The Hall–Kier alpha value is -0.940. The first kappa shape index (κ1) is 11.5. The van der Waals surface area contributed by atoms with Gasteiger partial charge in [0.15, 0.2) is 0 Å². The van der Waals surface area contributed by atoms with Crippen molar-refractivity contribution in [3.05, 3.63) is 28.5 Å². The highest BCUT2D eigenvalue weighted by Gasteiger charge is 2.27. The van der Waals surface area contributed by atoms with Crippen LogP contribution in [0.4, 0.5) is 0 Å². The molecule has 0 N–H and O–H groups in total. The fraction of sp³-hybridized carbons (Fsp3) is 0.455. The highest BCUT2D eigenvalue weighted by atomic mass is 79.9. The predicted molar refractivity (Wildman–Crippen MR) is 63.3 cm³/mol. The van der Waals surface area contributed by atoms with E-state index in [9.17, 15) is 4.79 Å². The summed E-state index contributed by atoms with van der Waals surface area (Å²) in [5.74, 6) is -0.0270. The molecule has 0 unspecified atom stereocenters. The van der Waals surface area contributed by atoms with Crippen LogP contribution in [0.5, 0.6) is 0 Å². The number of carbonyl (C=O) groups excluding carboxylic acids is 1. The lowest BCUT2D eigenvalue weighted by molar-refractivity contribution is 0.0719. The van der Waals surface area contributed by atoms with E-state index in [2.05, 4.69) is 20.9 Å². The Bertz CT molecular complexity index is 397. The first-order valence-corrected chi connectivity index (χ1v) is 5.94. The average molecular weight is 285 g/mol. The molecule has 4 nitrogen and oxygen atoms in total. The molecule has 1 fully saturated rings. The molecular formula is C11H13BrN2O2. The normalized spacial score (nSPS) is 20.1. The third-order valence-corrected chi connectivity index (χ3v) is 3.14. The zero-order valence-corrected chi connectivity index (χ0v) is 10.6. The van der Waals surface area contributed by atoms with Gasteiger partial charge < -0.3 is 9.64 Å². The first-order chi connectivity index (χ1) is 7.70. The van der Waals surface area contributed by atoms with Crippen LogP contribution >= 0.6 is 15.9 Å². The highest BCUT2D eigenvalue weighted by molar-refractivity contribution is 9.10. The summed E-state index contributed by atoms with van der Waals surface area (Å²) in [4.78, 5) is 18.0. The van der Waals surface area contributed by atoms with Crippen molar-refractivity contribution in [3.63, 3.8) is 0 Å². The average Bonchev–Trinajstić information content (AvgIpc) is 2.76. The number of hydrogen-bond donors (Lipinski definition) is 0. The van der Waals surface area contributed by atoms with E-state index >= 15 is 0 Å². The van der Waals surface area contributed by atoms with E-state index in [-0.39, 0.29) is 12.0 Å². The minimum atomic E-state index is -0.0270. The first-order valence-electron chi connectivity index (χ1n) is 5.15. The second kappa shape index (κ2) is 4.93. The number of hydrogen-bond acceptors (Lipinski definition) is 3. The second-order valence-electron chi connectivity index (χ2n) is 3.74. The van der Waals surface area contributed by atoms with Crippen molar-refractivity contribution in [3.8, 4) is 0 Å². The Labute approximate surface area is 103 Å². The minimum Gasteiger partial charge on any atom is -0.380 e. The van der Waals surface area contributed by atoms with Gasteiger partial charge in [0.25, 0.3) is 5.91 Å². The third kappa shape index (κ3) is 2.41. The van der Waals surface area contributed by atoms with Crippen molar-refractivity contribution < 1.29 is 9.53 Å². The van der Waals surface area contributed by atoms with Crippen LogP contribution in [-0.2, 0) is 4.74 Å². The number of nitrogens with zero attached hydrogens (tertiary/aromatic N) is 2. The van der Waals surface area contributed by atoms with Crippen LogP contribution in [0.2, 0.25) is 0 Å². The van der Waals surface area contributed by atoms with Gasteiger partial charge in [-0.3, -0.25) is 4.79 Å². The predicted octanol–water partition coefficient (Wildman–Crippen LogP) is 1.71. The fourth-order valence-electron chi connectivity index (χ4n) is 1.79. The zero-order chi connectivity index (χ0) is 11.5. The van der Waals surface area contributed by atoms with E-state index in [1.54, 1.807) is 24.1 Å².